The minimum Gasteiger partial charge on any atom is -0.382 e. The van der Waals surface area contributed by atoms with Crippen molar-refractivity contribution in [3.05, 3.63) is 53.3 Å². The molecule has 0 aliphatic heterocycles. The molecule has 3 rings (SSSR count). The van der Waals surface area contributed by atoms with Crippen molar-refractivity contribution in [3.63, 3.8) is 0 Å². The van der Waals surface area contributed by atoms with Gasteiger partial charge >= 0.3 is 0 Å². The average Bonchev–Trinajstić information content (AvgIpc) is 2.86. The number of hydrogen-bond donors (Lipinski definition) is 2. The minimum atomic E-state index is 0.0178. The Balaban J connectivity index is 1.91. The Morgan fingerprint density at radius 1 is 1.21 bits per heavy atom. The monoisotopic (exact) mass is 269 g/mol. The summed E-state index contributed by atoms with van der Waals surface area (Å²) in [5, 5.41) is 7.57. The van der Waals surface area contributed by atoms with Crippen molar-refractivity contribution in [1.29, 1.82) is 5.41 Å². The smallest absolute Gasteiger partial charge is 0.142 e. The lowest BCUT2D eigenvalue weighted by atomic mass is 10.1. The van der Waals surface area contributed by atoms with E-state index < -0.39 is 0 Å². The molecular formula is C15H15N3S. The fourth-order valence-electron chi connectivity index (χ4n) is 2.41. The van der Waals surface area contributed by atoms with Crippen molar-refractivity contribution < 1.29 is 0 Å². The number of pyridine rings is 1. The summed E-state index contributed by atoms with van der Waals surface area (Å²) in [6, 6.07) is 10.5. The van der Waals surface area contributed by atoms with Crippen molar-refractivity contribution >= 4 is 17.6 Å². The highest BCUT2D eigenvalue weighted by Gasteiger charge is 2.13. The first-order valence-electron chi connectivity index (χ1n) is 6.33. The van der Waals surface area contributed by atoms with Gasteiger partial charge in [0.1, 0.15) is 11.5 Å². The summed E-state index contributed by atoms with van der Waals surface area (Å²) in [5.74, 6) is 0.0178. The lowest BCUT2D eigenvalue weighted by Gasteiger charge is -2.08. The van der Waals surface area contributed by atoms with Crippen LogP contribution in [0.4, 0.5) is 0 Å². The van der Waals surface area contributed by atoms with Gasteiger partial charge in [0.2, 0.25) is 0 Å². The van der Waals surface area contributed by atoms with Crippen LogP contribution < -0.4 is 5.73 Å². The fourth-order valence-corrected chi connectivity index (χ4v) is 3.41. The van der Waals surface area contributed by atoms with Gasteiger partial charge in [0.05, 0.1) is 0 Å². The Morgan fingerprint density at radius 3 is 2.89 bits per heavy atom. The molecule has 1 aliphatic rings. The van der Waals surface area contributed by atoms with E-state index in [0.717, 1.165) is 4.90 Å². The molecule has 2 aromatic rings. The molecule has 1 heterocycles. The number of aryl methyl sites for hydroxylation is 2. The standard InChI is InChI=1S/C15H15N3S/c16-15(17)14-13(5-2-8-18-14)19-12-7-6-10-3-1-4-11(10)9-12/h2,5-9H,1,3-4H2,(H3,16,17). The molecule has 0 radical (unpaired) electrons. The zero-order valence-electron chi connectivity index (χ0n) is 10.5. The van der Waals surface area contributed by atoms with Crippen molar-refractivity contribution in [2.45, 2.75) is 29.1 Å². The largest absolute Gasteiger partial charge is 0.382 e. The molecule has 19 heavy (non-hydrogen) atoms. The van der Waals surface area contributed by atoms with Crippen molar-refractivity contribution in [2.75, 3.05) is 0 Å². The molecule has 1 aliphatic carbocycles. The Kier molecular flexibility index (Phi) is 3.25. The van der Waals surface area contributed by atoms with Crippen LogP contribution in [0, 0.1) is 5.41 Å². The molecule has 96 valence electrons. The van der Waals surface area contributed by atoms with E-state index in [9.17, 15) is 0 Å². The maximum atomic E-state index is 7.57. The predicted molar refractivity (Wildman–Crippen MR) is 77.8 cm³/mol. The van der Waals surface area contributed by atoms with Crippen LogP contribution in [0.25, 0.3) is 0 Å². The Labute approximate surface area is 116 Å². The second-order valence-corrected chi connectivity index (χ2v) is 5.77. The third-order valence-electron chi connectivity index (χ3n) is 3.32. The number of hydrogen-bond acceptors (Lipinski definition) is 3. The molecule has 0 atom stereocenters. The maximum Gasteiger partial charge on any atom is 0.142 e. The normalized spacial score (nSPS) is 13.3. The van der Waals surface area contributed by atoms with Gasteiger partial charge in [-0.2, -0.15) is 0 Å². The molecule has 3 N–H and O–H groups in total. The van der Waals surface area contributed by atoms with Crippen LogP contribution in [0.5, 0.6) is 0 Å². The zero-order valence-corrected chi connectivity index (χ0v) is 11.3. The molecule has 0 saturated heterocycles. The number of aromatic nitrogens is 1. The van der Waals surface area contributed by atoms with Crippen LogP contribution in [0.2, 0.25) is 0 Å². The average molecular weight is 269 g/mol. The van der Waals surface area contributed by atoms with E-state index >= 15 is 0 Å². The quantitative estimate of drug-likeness (QED) is 0.665. The Morgan fingerprint density at radius 2 is 2.05 bits per heavy atom. The molecule has 3 nitrogen and oxygen atoms in total. The molecule has 1 aromatic heterocycles. The number of amidine groups is 1. The first-order valence-corrected chi connectivity index (χ1v) is 7.15. The molecule has 0 unspecified atom stereocenters. The van der Waals surface area contributed by atoms with Crippen LogP contribution in [-0.2, 0) is 12.8 Å². The van der Waals surface area contributed by atoms with E-state index in [1.54, 1.807) is 18.0 Å². The van der Waals surface area contributed by atoms with Gasteiger partial charge in [-0.25, -0.2) is 0 Å². The van der Waals surface area contributed by atoms with E-state index in [-0.39, 0.29) is 5.84 Å². The molecule has 0 saturated carbocycles. The first kappa shape index (κ1) is 12.2. The van der Waals surface area contributed by atoms with E-state index in [0.29, 0.717) is 5.69 Å². The van der Waals surface area contributed by atoms with E-state index in [1.165, 1.54) is 35.3 Å². The molecule has 1 aromatic carbocycles. The number of benzene rings is 1. The highest BCUT2D eigenvalue weighted by atomic mass is 32.2. The third-order valence-corrected chi connectivity index (χ3v) is 4.36. The van der Waals surface area contributed by atoms with Gasteiger partial charge in [-0.1, -0.05) is 17.8 Å². The summed E-state index contributed by atoms with van der Waals surface area (Å²) >= 11 is 1.63. The van der Waals surface area contributed by atoms with Gasteiger partial charge in [0.15, 0.2) is 0 Å². The number of rotatable bonds is 3. The van der Waals surface area contributed by atoms with Crippen LogP contribution in [0.3, 0.4) is 0 Å². The topological polar surface area (TPSA) is 62.8 Å². The molecule has 0 fully saturated rings. The Hall–Kier alpha value is -1.81. The maximum absolute atomic E-state index is 7.57. The summed E-state index contributed by atoms with van der Waals surface area (Å²) in [5.41, 5.74) is 9.06. The van der Waals surface area contributed by atoms with E-state index in [1.807, 2.05) is 12.1 Å². The first-order chi connectivity index (χ1) is 9.24. The number of nitrogens with two attached hydrogens (primary N) is 1. The van der Waals surface area contributed by atoms with Gasteiger partial charge < -0.3 is 5.73 Å². The van der Waals surface area contributed by atoms with Gasteiger partial charge in [0.25, 0.3) is 0 Å². The number of fused-ring (bicyclic) bond motifs is 1. The Bertz CT molecular complexity index is 637. The molecular weight excluding hydrogens is 254 g/mol. The highest BCUT2D eigenvalue weighted by Crippen LogP contribution is 2.33. The summed E-state index contributed by atoms with van der Waals surface area (Å²) in [6.07, 6.45) is 5.31. The molecule has 0 bridgehead atoms. The van der Waals surface area contributed by atoms with Crippen LogP contribution >= 0.6 is 11.8 Å². The van der Waals surface area contributed by atoms with Gasteiger partial charge in [-0.05, 0) is 54.7 Å². The van der Waals surface area contributed by atoms with Gasteiger partial charge in [-0.15, -0.1) is 0 Å². The molecule has 4 heteroatoms. The SMILES string of the molecule is N=C(N)c1ncccc1Sc1ccc2c(c1)CCC2. The zero-order chi connectivity index (χ0) is 13.2. The van der Waals surface area contributed by atoms with Gasteiger partial charge in [-0.3, -0.25) is 10.4 Å². The minimum absolute atomic E-state index is 0.0178. The fraction of sp³-hybridized carbons (Fsp3) is 0.200. The number of nitrogen functional groups attached to an aromatic ring is 1. The molecule has 0 spiro atoms. The second kappa shape index (κ2) is 5.05. The summed E-state index contributed by atoms with van der Waals surface area (Å²) < 4.78 is 0. The van der Waals surface area contributed by atoms with Crippen LogP contribution in [0.15, 0.2) is 46.3 Å². The van der Waals surface area contributed by atoms with E-state index in [4.69, 9.17) is 11.1 Å². The summed E-state index contributed by atoms with van der Waals surface area (Å²) in [6.45, 7) is 0. The van der Waals surface area contributed by atoms with Crippen LogP contribution in [-0.4, -0.2) is 10.8 Å². The van der Waals surface area contributed by atoms with E-state index in [2.05, 4.69) is 23.2 Å². The second-order valence-electron chi connectivity index (χ2n) is 4.65. The van der Waals surface area contributed by atoms with Crippen molar-refractivity contribution in [1.82, 2.24) is 4.98 Å². The number of nitrogens with one attached hydrogen (secondary N) is 1. The summed E-state index contributed by atoms with van der Waals surface area (Å²) in [4.78, 5) is 6.31. The predicted octanol–water partition coefficient (Wildman–Crippen LogP) is 3.01. The third kappa shape index (κ3) is 2.49. The number of nitrogens with zero attached hydrogens (tertiary/aromatic N) is 1. The van der Waals surface area contributed by atoms with Crippen LogP contribution in [0.1, 0.15) is 23.2 Å². The van der Waals surface area contributed by atoms with Crippen molar-refractivity contribution in [2.24, 2.45) is 5.73 Å². The van der Waals surface area contributed by atoms with Crippen molar-refractivity contribution in [3.8, 4) is 0 Å². The lowest BCUT2D eigenvalue weighted by molar-refractivity contribution is 0.911. The summed E-state index contributed by atoms with van der Waals surface area (Å²) in [7, 11) is 0. The van der Waals surface area contributed by atoms with Gasteiger partial charge in [0, 0.05) is 16.0 Å². The lowest BCUT2D eigenvalue weighted by Crippen LogP contribution is -2.14. The highest BCUT2D eigenvalue weighted by molar-refractivity contribution is 7.99. The molecule has 0 amide bonds.